The summed E-state index contributed by atoms with van der Waals surface area (Å²) in [4.78, 5) is 24.9. The Bertz CT molecular complexity index is 818. The highest BCUT2D eigenvalue weighted by Crippen LogP contribution is 2.32. The van der Waals surface area contributed by atoms with E-state index in [9.17, 15) is 4.79 Å². The van der Waals surface area contributed by atoms with Gasteiger partial charge in [0.25, 0.3) is 0 Å². The molecule has 2 aliphatic rings. The minimum absolute atomic E-state index is 0.000617. The summed E-state index contributed by atoms with van der Waals surface area (Å²) in [6, 6.07) is 8.29. The van der Waals surface area contributed by atoms with Crippen molar-refractivity contribution in [3.63, 3.8) is 0 Å². The molecule has 5 nitrogen and oxygen atoms in total. The Kier molecular flexibility index (Phi) is 5.21. The zero-order chi connectivity index (χ0) is 18.8. The topological polar surface area (TPSA) is 58.1 Å². The molecule has 1 saturated heterocycles. The van der Waals surface area contributed by atoms with Gasteiger partial charge in [-0.3, -0.25) is 4.79 Å². The molecule has 2 aliphatic heterocycles. The van der Waals surface area contributed by atoms with Crippen LogP contribution in [0.15, 0.2) is 30.5 Å². The second-order valence-electron chi connectivity index (χ2n) is 7.80. The fourth-order valence-corrected chi connectivity index (χ4v) is 4.12. The van der Waals surface area contributed by atoms with Crippen LogP contribution in [0.2, 0.25) is 0 Å². The number of hydrogen-bond acceptors (Lipinski definition) is 4. The third-order valence-electron chi connectivity index (χ3n) is 5.86. The molecule has 4 rings (SSSR count). The average Bonchev–Trinajstić information content (AvgIpc) is 2.73. The van der Waals surface area contributed by atoms with Gasteiger partial charge in [-0.2, -0.15) is 0 Å². The maximum atomic E-state index is 13.3. The summed E-state index contributed by atoms with van der Waals surface area (Å²) in [5.74, 6) is 0.861. The SMILES string of the molecule is Cc1ccc([C@H](C)C(=O)N2CCCC[C@H]2c2ncc3c(n2)CCNC3)cc1. The summed E-state index contributed by atoms with van der Waals surface area (Å²) in [6.07, 6.45) is 6.01. The van der Waals surface area contributed by atoms with Gasteiger partial charge >= 0.3 is 0 Å². The fraction of sp³-hybridized carbons (Fsp3) is 0.500. The number of aryl methyl sites for hydroxylation is 1. The number of carbonyl (C=O) groups excluding carboxylic acids is 1. The second kappa shape index (κ2) is 7.77. The number of aromatic nitrogens is 2. The lowest BCUT2D eigenvalue weighted by Gasteiger charge is -2.36. The zero-order valence-electron chi connectivity index (χ0n) is 16.2. The first-order chi connectivity index (χ1) is 13.1. The van der Waals surface area contributed by atoms with Crippen LogP contribution >= 0.6 is 0 Å². The Morgan fingerprint density at radius 3 is 2.89 bits per heavy atom. The molecule has 0 unspecified atom stereocenters. The summed E-state index contributed by atoms with van der Waals surface area (Å²) in [5, 5.41) is 3.36. The lowest BCUT2D eigenvalue weighted by atomic mass is 9.94. The predicted molar refractivity (Wildman–Crippen MR) is 105 cm³/mol. The highest BCUT2D eigenvalue weighted by Gasteiger charge is 2.33. The number of nitrogens with one attached hydrogen (secondary N) is 1. The Morgan fingerprint density at radius 2 is 2.07 bits per heavy atom. The van der Waals surface area contributed by atoms with Crippen molar-refractivity contribution in [2.75, 3.05) is 13.1 Å². The van der Waals surface area contributed by atoms with Crippen molar-refractivity contribution in [3.05, 3.63) is 58.7 Å². The van der Waals surface area contributed by atoms with Gasteiger partial charge in [-0.05, 0) is 38.7 Å². The Hall–Kier alpha value is -2.27. The van der Waals surface area contributed by atoms with Gasteiger partial charge in [-0.15, -0.1) is 0 Å². The lowest BCUT2D eigenvalue weighted by Crippen LogP contribution is -2.41. The van der Waals surface area contributed by atoms with E-state index < -0.39 is 0 Å². The quantitative estimate of drug-likeness (QED) is 0.908. The Labute approximate surface area is 161 Å². The standard InChI is InChI=1S/C22H28N4O/c1-15-6-8-17(9-7-15)16(2)22(27)26-12-4-3-5-20(26)21-24-14-18-13-23-11-10-19(18)25-21/h6-9,14,16,20,23H,3-5,10-13H2,1-2H3/t16-,20-/m0/s1. The molecule has 0 aliphatic carbocycles. The number of amides is 1. The van der Waals surface area contributed by atoms with Gasteiger partial charge in [-0.1, -0.05) is 29.8 Å². The summed E-state index contributed by atoms with van der Waals surface area (Å²) in [5.41, 5.74) is 4.62. The van der Waals surface area contributed by atoms with Crippen LogP contribution in [0.1, 0.15) is 66.4 Å². The predicted octanol–water partition coefficient (Wildman–Crippen LogP) is 3.29. The maximum absolute atomic E-state index is 13.3. The summed E-state index contributed by atoms with van der Waals surface area (Å²) < 4.78 is 0. The molecule has 1 aromatic carbocycles. The molecule has 1 fully saturated rings. The second-order valence-corrected chi connectivity index (χ2v) is 7.80. The number of hydrogen-bond donors (Lipinski definition) is 1. The van der Waals surface area contributed by atoms with Crippen LogP contribution in [0.25, 0.3) is 0 Å². The molecule has 0 saturated carbocycles. The van der Waals surface area contributed by atoms with Crippen LogP contribution in [0.5, 0.6) is 0 Å². The number of rotatable bonds is 3. The van der Waals surface area contributed by atoms with Crippen molar-refractivity contribution in [3.8, 4) is 0 Å². The van der Waals surface area contributed by atoms with Crippen molar-refractivity contribution >= 4 is 5.91 Å². The molecule has 5 heteroatoms. The van der Waals surface area contributed by atoms with E-state index in [1.807, 2.05) is 18.0 Å². The van der Waals surface area contributed by atoms with Crippen LogP contribution in [-0.4, -0.2) is 33.9 Å². The van der Waals surface area contributed by atoms with E-state index in [1.54, 1.807) is 0 Å². The van der Waals surface area contributed by atoms with E-state index in [-0.39, 0.29) is 17.9 Å². The lowest BCUT2D eigenvalue weighted by molar-refractivity contribution is -0.136. The highest BCUT2D eigenvalue weighted by molar-refractivity contribution is 5.83. The van der Waals surface area contributed by atoms with Crippen molar-refractivity contribution in [1.29, 1.82) is 0 Å². The van der Waals surface area contributed by atoms with E-state index in [0.717, 1.165) is 62.4 Å². The third kappa shape index (κ3) is 3.74. The first-order valence-electron chi connectivity index (χ1n) is 10.1. The number of benzene rings is 1. The number of carbonyl (C=O) groups is 1. The molecule has 0 radical (unpaired) electrons. The number of nitrogens with zero attached hydrogens (tertiary/aromatic N) is 3. The van der Waals surface area contributed by atoms with E-state index in [0.29, 0.717) is 0 Å². The maximum Gasteiger partial charge on any atom is 0.230 e. The zero-order valence-corrected chi connectivity index (χ0v) is 16.2. The van der Waals surface area contributed by atoms with Crippen molar-refractivity contribution in [2.24, 2.45) is 0 Å². The first-order valence-corrected chi connectivity index (χ1v) is 10.1. The minimum atomic E-state index is -0.145. The van der Waals surface area contributed by atoms with Crippen LogP contribution in [0.4, 0.5) is 0 Å². The first kappa shape index (κ1) is 18.1. The Morgan fingerprint density at radius 1 is 1.26 bits per heavy atom. The molecular weight excluding hydrogens is 336 g/mol. The van der Waals surface area contributed by atoms with E-state index in [2.05, 4.69) is 41.5 Å². The van der Waals surface area contributed by atoms with E-state index >= 15 is 0 Å². The molecule has 2 aromatic rings. The van der Waals surface area contributed by atoms with Crippen molar-refractivity contribution in [2.45, 2.75) is 58.0 Å². The van der Waals surface area contributed by atoms with Crippen LogP contribution in [0.3, 0.4) is 0 Å². The van der Waals surface area contributed by atoms with Gasteiger partial charge in [0.1, 0.15) is 0 Å². The molecule has 1 amide bonds. The molecule has 1 N–H and O–H groups in total. The number of likely N-dealkylation sites (tertiary alicyclic amines) is 1. The number of fused-ring (bicyclic) bond motifs is 1. The number of piperidine rings is 1. The van der Waals surface area contributed by atoms with E-state index in [4.69, 9.17) is 4.98 Å². The molecule has 3 heterocycles. The van der Waals surface area contributed by atoms with E-state index in [1.165, 1.54) is 11.1 Å². The summed E-state index contributed by atoms with van der Waals surface area (Å²) >= 11 is 0. The summed E-state index contributed by atoms with van der Waals surface area (Å²) in [7, 11) is 0. The van der Waals surface area contributed by atoms with Crippen molar-refractivity contribution < 1.29 is 4.79 Å². The molecule has 142 valence electrons. The molecular formula is C22H28N4O. The monoisotopic (exact) mass is 364 g/mol. The largest absolute Gasteiger partial charge is 0.332 e. The fourth-order valence-electron chi connectivity index (χ4n) is 4.12. The van der Waals surface area contributed by atoms with Crippen molar-refractivity contribution in [1.82, 2.24) is 20.2 Å². The highest BCUT2D eigenvalue weighted by atomic mass is 16.2. The van der Waals surface area contributed by atoms with Gasteiger partial charge < -0.3 is 10.2 Å². The smallest absolute Gasteiger partial charge is 0.230 e. The minimum Gasteiger partial charge on any atom is -0.332 e. The third-order valence-corrected chi connectivity index (χ3v) is 5.86. The average molecular weight is 364 g/mol. The van der Waals surface area contributed by atoms with Crippen LogP contribution < -0.4 is 5.32 Å². The van der Waals surface area contributed by atoms with Gasteiger partial charge in [0.05, 0.1) is 12.0 Å². The van der Waals surface area contributed by atoms with Gasteiger partial charge in [-0.25, -0.2) is 9.97 Å². The van der Waals surface area contributed by atoms with Gasteiger partial charge in [0.2, 0.25) is 5.91 Å². The molecule has 27 heavy (non-hydrogen) atoms. The molecule has 0 bridgehead atoms. The summed E-state index contributed by atoms with van der Waals surface area (Å²) in [6.45, 7) is 6.67. The molecule has 2 atom stereocenters. The molecule has 0 spiro atoms. The van der Waals surface area contributed by atoms with Crippen LogP contribution in [0, 0.1) is 6.92 Å². The van der Waals surface area contributed by atoms with Gasteiger partial charge in [0.15, 0.2) is 5.82 Å². The Balaban J connectivity index is 1.58. The molecule has 1 aromatic heterocycles. The van der Waals surface area contributed by atoms with Crippen LogP contribution in [-0.2, 0) is 17.8 Å². The normalized spacial score (nSPS) is 20.8. The van der Waals surface area contributed by atoms with Gasteiger partial charge in [0, 0.05) is 43.5 Å².